The van der Waals surface area contributed by atoms with E-state index in [1.54, 1.807) is 6.92 Å². The van der Waals surface area contributed by atoms with Gasteiger partial charge in [0.05, 0.1) is 11.1 Å². The number of nitrogens with one attached hydrogen (secondary N) is 2. The smallest absolute Gasteiger partial charge is 0.223 e. The summed E-state index contributed by atoms with van der Waals surface area (Å²) in [6.07, 6.45) is 1.64. The summed E-state index contributed by atoms with van der Waals surface area (Å²) in [7, 11) is 0. The summed E-state index contributed by atoms with van der Waals surface area (Å²) in [4.78, 5) is 12.1. The number of carbonyl (C=O) groups is 1. The Morgan fingerprint density at radius 2 is 1.95 bits per heavy atom. The van der Waals surface area contributed by atoms with E-state index in [-0.39, 0.29) is 35.3 Å². The van der Waals surface area contributed by atoms with Crippen molar-refractivity contribution in [3.8, 4) is 0 Å². The number of hydrogen-bond acceptors (Lipinski definition) is 2. The molecule has 2 rings (SSSR count). The topological polar surface area (TPSA) is 41.1 Å². The Labute approximate surface area is 140 Å². The second-order valence-corrected chi connectivity index (χ2v) is 5.86. The standard InChI is InChI=1S/C14H17Cl2FN2O.ClH/c1-8(10-6-13(17)12(16)7-11(10)15)19-14(20)9-2-4-18-5-3-9;/h6-9,18H,2-5H2,1H3,(H,19,20);1H. The Morgan fingerprint density at radius 1 is 1.33 bits per heavy atom. The third-order valence-electron chi connectivity index (χ3n) is 3.57. The van der Waals surface area contributed by atoms with Gasteiger partial charge in [-0.2, -0.15) is 0 Å². The first-order valence-electron chi connectivity index (χ1n) is 6.64. The summed E-state index contributed by atoms with van der Waals surface area (Å²) in [5, 5.41) is 6.44. The first-order valence-corrected chi connectivity index (χ1v) is 7.40. The molecule has 1 amide bonds. The van der Waals surface area contributed by atoms with Gasteiger partial charge in [0.2, 0.25) is 5.91 Å². The molecule has 0 spiro atoms. The molecule has 2 N–H and O–H groups in total. The molecule has 1 fully saturated rings. The molecular formula is C14H18Cl3FN2O. The van der Waals surface area contributed by atoms with E-state index in [1.165, 1.54) is 12.1 Å². The number of rotatable bonds is 3. The Morgan fingerprint density at radius 3 is 2.57 bits per heavy atom. The van der Waals surface area contributed by atoms with E-state index in [9.17, 15) is 9.18 Å². The molecule has 0 aliphatic carbocycles. The first-order chi connectivity index (χ1) is 9.49. The van der Waals surface area contributed by atoms with Crippen LogP contribution in [0.15, 0.2) is 12.1 Å². The van der Waals surface area contributed by atoms with Crippen LogP contribution < -0.4 is 10.6 Å². The number of halogens is 4. The highest BCUT2D eigenvalue weighted by Gasteiger charge is 2.23. The van der Waals surface area contributed by atoms with Crippen LogP contribution in [0.25, 0.3) is 0 Å². The largest absolute Gasteiger partial charge is 0.349 e. The van der Waals surface area contributed by atoms with Crippen molar-refractivity contribution in [1.82, 2.24) is 10.6 Å². The van der Waals surface area contributed by atoms with E-state index in [1.807, 2.05) is 0 Å². The number of carbonyl (C=O) groups excluding carboxylic acids is 1. The molecule has 1 aromatic carbocycles. The quantitative estimate of drug-likeness (QED) is 0.811. The van der Waals surface area contributed by atoms with Crippen LogP contribution in [0.4, 0.5) is 4.39 Å². The van der Waals surface area contributed by atoms with Crippen LogP contribution >= 0.6 is 35.6 Å². The molecule has 0 radical (unpaired) electrons. The van der Waals surface area contributed by atoms with Gasteiger partial charge in [0.1, 0.15) is 5.82 Å². The Kier molecular flexibility index (Phi) is 7.21. The maximum atomic E-state index is 13.5. The predicted octanol–water partition coefficient (Wildman–Crippen LogP) is 3.73. The van der Waals surface area contributed by atoms with Crippen LogP contribution in [-0.4, -0.2) is 19.0 Å². The number of hydrogen-bond donors (Lipinski definition) is 2. The summed E-state index contributed by atoms with van der Waals surface area (Å²) in [6.45, 7) is 3.49. The van der Waals surface area contributed by atoms with Gasteiger partial charge < -0.3 is 10.6 Å². The Hall–Kier alpha value is -0.550. The van der Waals surface area contributed by atoms with E-state index in [2.05, 4.69) is 10.6 Å². The number of amides is 1. The molecule has 1 aromatic rings. The lowest BCUT2D eigenvalue weighted by Crippen LogP contribution is -2.39. The van der Waals surface area contributed by atoms with Gasteiger partial charge in [-0.15, -0.1) is 12.4 Å². The zero-order chi connectivity index (χ0) is 14.7. The summed E-state index contributed by atoms with van der Waals surface area (Å²) in [5.41, 5.74) is 0.538. The van der Waals surface area contributed by atoms with Crippen LogP contribution in [0.1, 0.15) is 31.4 Å². The lowest BCUT2D eigenvalue weighted by molar-refractivity contribution is -0.126. The molecule has 1 unspecified atom stereocenters. The second-order valence-electron chi connectivity index (χ2n) is 5.04. The van der Waals surface area contributed by atoms with E-state index >= 15 is 0 Å². The van der Waals surface area contributed by atoms with Crippen molar-refractivity contribution < 1.29 is 9.18 Å². The van der Waals surface area contributed by atoms with Crippen molar-refractivity contribution in [3.05, 3.63) is 33.6 Å². The third kappa shape index (κ3) is 4.71. The van der Waals surface area contributed by atoms with Gasteiger partial charge in [-0.1, -0.05) is 23.2 Å². The maximum absolute atomic E-state index is 13.5. The molecule has 118 valence electrons. The summed E-state index contributed by atoms with van der Waals surface area (Å²) < 4.78 is 13.5. The minimum atomic E-state index is -0.533. The molecule has 1 atom stereocenters. The van der Waals surface area contributed by atoms with Crippen LogP contribution in [0.5, 0.6) is 0 Å². The second kappa shape index (κ2) is 8.18. The molecule has 0 aromatic heterocycles. The van der Waals surface area contributed by atoms with Crippen molar-refractivity contribution in [2.24, 2.45) is 5.92 Å². The Balaban J connectivity index is 0.00000220. The monoisotopic (exact) mass is 354 g/mol. The number of piperidine rings is 1. The zero-order valence-electron chi connectivity index (χ0n) is 11.6. The van der Waals surface area contributed by atoms with Gasteiger partial charge in [0.25, 0.3) is 0 Å². The minimum Gasteiger partial charge on any atom is -0.349 e. The molecule has 0 bridgehead atoms. The molecule has 0 saturated carbocycles. The molecule has 21 heavy (non-hydrogen) atoms. The fourth-order valence-electron chi connectivity index (χ4n) is 2.36. The van der Waals surface area contributed by atoms with E-state index in [0.717, 1.165) is 25.9 Å². The van der Waals surface area contributed by atoms with E-state index in [4.69, 9.17) is 23.2 Å². The number of benzene rings is 1. The van der Waals surface area contributed by atoms with Crippen molar-refractivity contribution in [3.63, 3.8) is 0 Å². The fraction of sp³-hybridized carbons (Fsp3) is 0.500. The van der Waals surface area contributed by atoms with Gasteiger partial charge in [0.15, 0.2) is 0 Å². The lowest BCUT2D eigenvalue weighted by Gasteiger charge is -2.24. The zero-order valence-corrected chi connectivity index (χ0v) is 13.9. The van der Waals surface area contributed by atoms with Crippen molar-refractivity contribution >= 4 is 41.5 Å². The van der Waals surface area contributed by atoms with Gasteiger partial charge in [-0.25, -0.2) is 4.39 Å². The molecular weight excluding hydrogens is 338 g/mol. The highest BCUT2D eigenvalue weighted by atomic mass is 35.5. The van der Waals surface area contributed by atoms with Gasteiger partial charge in [0, 0.05) is 10.9 Å². The van der Waals surface area contributed by atoms with Crippen molar-refractivity contribution in [2.45, 2.75) is 25.8 Å². The highest BCUT2D eigenvalue weighted by molar-refractivity contribution is 6.35. The predicted molar refractivity (Wildman–Crippen MR) is 85.8 cm³/mol. The summed E-state index contributed by atoms with van der Waals surface area (Å²) >= 11 is 11.7. The molecule has 1 saturated heterocycles. The van der Waals surface area contributed by atoms with Gasteiger partial charge >= 0.3 is 0 Å². The summed E-state index contributed by atoms with van der Waals surface area (Å²) in [6, 6.07) is 2.29. The van der Waals surface area contributed by atoms with Gasteiger partial charge in [-0.05, 0) is 50.6 Å². The summed E-state index contributed by atoms with van der Waals surface area (Å²) in [5.74, 6) is -0.533. The average Bonchev–Trinajstić information content (AvgIpc) is 2.43. The normalized spacial score (nSPS) is 17.0. The lowest BCUT2D eigenvalue weighted by atomic mass is 9.96. The SMILES string of the molecule is CC(NC(=O)C1CCNCC1)c1cc(F)c(Cl)cc1Cl.Cl. The van der Waals surface area contributed by atoms with Crippen molar-refractivity contribution in [2.75, 3.05) is 13.1 Å². The third-order valence-corrected chi connectivity index (χ3v) is 4.19. The maximum Gasteiger partial charge on any atom is 0.223 e. The molecule has 1 aliphatic rings. The van der Waals surface area contributed by atoms with Crippen LogP contribution in [0.2, 0.25) is 10.0 Å². The van der Waals surface area contributed by atoms with E-state index in [0.29, 0.717) is 10.6 Å². The van der Waals surface area contributed by atoms with E-state index < -0.39 is 5.82 Å². The van der Waals surface area contributed by atoms with Crippen LogP contribution in [0.3, 0.4) is 0 Å². The van der Waals surface area contributed by atoms with Crippen molar-refractivity contribution in [1.29, 1.82) is 0 Å². The molecule has 1 aliphatic heterocycles. The highest BCUT2D eigenvalue weighted by Crippen LogP contribution is 2.29. The molecule has 1 heterocycles. The van der Waals surface area contributed by atoms with Crippen LogP contribution in [-0.2, 0) is 4.79 Å². The molecule has 7 heteroatoms. The Bertz CT molecular complexity index is 507. The first kappa shape index (κ1) is 18.5. The fourth-order valence-corrected chi connectivity index (χ4v) is 2.91. The minimum absolute atomic E-state index is 0. The van der Waals surface area contributed by atoms with Gasteiger partial charge in [-0.3, -0.25) is 4.79 Å². The van der Waals surface area contributed by atoms with Crippen LogP contribution in [0, 0.1) is 11.7 Å². The molecule has 3 nitrogen and oxygen atoms in total. The average molecular weight is 356 g/mol.